The molecule has 3 heteroatoms. The largest absolute Gasteiger partial charge is 0.462 e. The minimum Gasteiger partial charge on any atom is -0.462 e. The molecule has 0 aromatic heterocycles. The van der Waals surface area contributed by atoms with Crippen LogP contribution in [-0.2, 0) is 9.53 Å². The van der Waals surface area contributed by atoms with Gasteiger partial charge in [0.2, 0.25) is 0 Å². The van der Waals surface area contributed by atoms with Crippen molar-refractivity contribution in [3.63, 3.8) is 0 Å². The van der Waals surface area contributed by atoms with Gasteiger partial charge in [0.25, 0.3) is 0 Å². The molecule has 0 aromatic rings. The van der Waals surface area contributed by atoms with Gasteiger partial charge in [0.15, 0.2) is 0 Å². The number of carbonyl (C=O) groups is 1. The summed E-state index contributed by atoms with van der Waals surface area (Å²) in [5.41, 5.74) is 0.457. The molecule has 0 aromatic carbocycles. The highest BCUT2D eigenvalue weighted by atomic mass is 16.5. The fourth-order valence-electron chi connectivity index (χ4n) is 0.662. The van der Waals surface area contributed by atoms with E-state index in [2.05, 4.69) is 11.9 Å². The Morgan fingerprint density at radius 2 is 2.25 bits per heavy atom. The molecule has 1 N–H and O–H groups in total. The molecule has 0 aliphatic heterocycles. The number of carbonyl (C=O) groups excluding carboxylic acids is 1. The van der Waals surface area contributed by atoms with Crippen molar-refractivity contribution in [3.8, 4) is 0 Å². The maximum atomic E-state index is 10.8. The van der Waals surface area contributed by atoms with Crippen LogP contribution in [0.3, 0.4) is 0 Å². The second kappa shape index (κ2) is 6.85. The van der Waals surface area contributed by atoms with Crippen molar-refractivity contribution in [2.45, 2.75) is 20.3 Å². The molecule has 0 saturated heterocycles. The molecule has 0 unspecified atom stereocenters. The molecule has 0 radical (unpaired) electrons. The summed E-state index contributed by atoms with van der Waals surface area (Å²) in [5, 5.41) is 3.14. The van der Waals surface area contributed by atoms with Crippen LogP contribution in [-0.4, -0.2) is 25.7 Å². The lowest BCUT2D eigenvalue weighted by Crippen LogP contribution is -2.17. The molecule has 0 amide bonds. The molecule has 0 aliphatic rings. The van der Waals surface area contributed by atoms with Crippen molar-refractivity contribution in [1.29, 1.82) is 0 Å². The van der Waals surface area contributed by atoms with Gasteiger partial charge in [0.05, 0.1) is 6.61 Å². The zero-order chi connectivity index (χ0) is 9.40. The van der Waals surface area contributed by atoms with Gasteiger partial charge < -0.3 is 10.1 Å². The van der Waals surface area contributed by atoms with Crippen molar-refractivity contribution in [2.75, 3.05) is 19.7 Å². The maximum Gasteiger partial charge on any atom is 0.333 e. The SMILES string of the molecule is C=C(C)C(=O)OCCCNCC. The van der Waals surface area contributed by atoms with E-state index in [0.717, 1.165) is 19.5 Å². The Labute approximate surface area is 73.8 Å². The molecule has 0 spiro atoms. The monoisotopic (exact) mass is 171 g/mol. The van der Waals surface area contributed by atoms with E-state index in [1.54, 1.807) is 6.92 Å². The molecule has 0 heterocycles. The van der Waals surface area contributed by atoms with Gasteiger partial charge in [0, 0.05) is 5.57 Å². The highest BCUT2D eigenvalue weighted by Gasteiger charge is 2.00. The lowest BCUT2D eigenvalue weighted by Gasteiger charge is -2.03. The Morgan fingerprint density at radius 1 is 1.58 bits per heavy atom. The molecular weight excluding hydrogens is 154 g/mol. The van der Waals surface area contributed by atoms with Crippen LogP contribution < -0.4 is 5.32 Å². The molecule has 0 rings (SSSR count). The summed E-state index contributed by atoms with van der Waals surface area (Å²) < 4.78 is 4.87. The molecule has 0 atom stereocenters. The zero-order valence-electron chi connectivity index (χ0n) is 7.85. The first-order valence-electron chi connectivity index (χ1n) is 4.21. The number of esters is 1. The standard InChI is InChI=1S/C9H17NO2/c1-4-10-6-5-7-12-9(11)8(2)3/h10H,2,4-7H2,1,3H3. The van der Waals surface area contributed by atoms with Gasteiger partial charge in [0.1, 0.15) is 0 Å². The topological polar surface area (TPSA) is 38.3 Å². The van der Waals surface area contributed by atoms with Gasteiger partial charge in [-0.15, -0.1) is 0 Å². The number of rotatable bonds is 6. The van der Waals surface area contributed by atoms with Gasteiger partial charge in [-0.05, 0) is 26.4 Å². The van der Waals surface area contributed by atoms with E-state index in [1.165, 1.54) is 0 Å². The van der Waals surface area contributed by atoms with E-state index >= 15 is 0 Å². The van der Waals surface area contributed by atoms with E-state index in [0.29, 0.717) is 12.2 Å². The number of ether oxygens (including phenoxy) is 1. The molecule has 0 aliphatic carbocycles. The molecule has 70 valence electrons. The van der Waals surface area contributed by atoms with E-state index in [-0.39, 0.29) is 5.97 Å². The third-order valence-corrected chi connectivity index (χ3v) is 1.33. The van der Waals surface area contributed by atoms with Crippen molar-refractivity contribution < 1.29 is 9.53 Å². The average molecular weight is 171 g/mol. The smallest absolute Gasteiger partial charge is 0.333 e. The minimum absolute atomic E-state index is 0.300. The second-order valence-corrected chi connectivity index (χ2v) is 2.62. The lowest BCUT2D eigenvalue weighted by atomic mass is 10.3. The van der Waals surface area contributed by atoms with Gasteiger partial charge in [-0.1, -0.05) is 13.5 Å². The van der Waals surface area contributed by atoms with Gasteiger partial charge in [-0.3, -0.25) is 0 Å². The third-order valence-electron chi connectivity index (χ3n) is 1.33. The first-order valence-corrected chi connectivity index (χ1v) is 4.21. The zero-order valence-corrected chi connectivity index (χ0v) is 7.85. The second-order valence-electron chi connectivity index (χ2n) is 2.62. The average Bonchev–Trinajstić information content (AvgIpc) is 2.03. The van der Waals surface area contributed by atoms with Crippen molar-refractivity contribution >= 4 is 5.97 Å². The summed E-state index contributed by atoms with van der Waals surface area (Å²) in [4.78, 5) is 10.8. The fraction of sp³-hybridized carbons (Fsp3) is 0.667. The van der Waals surface area contributed by atoms with Crippen LogP contribution in [0.4, 0.5) is 0 Å². The van der Waals surface area contributed by atoms with Crippen LogP contribution in [0.1, 0.15) is 20.3 Å². The Balaban J connectivity index is 3.20. The van der Waals surface area contributed by atoms with Crippen LogP contribution in [0.5, 0.6) is 0 Å². The summed E-state index contributed by atoms with van der Waals surface area (Å²) in [6, 6.07) is 0. The van der Waals surface area contributed by atoms with E-state index in [9.17, 15) is 4.79 Å². The van der Waals surface area contributed by atoms with Crippen LogP contribution >= 0.6 is 0 Å². The Hall–Kier alpha value is -0.830. The highest BCUT2D eigenvalue weighted by Crippen LogP contribution is 1.92. The number of hydrogen-bond donors (Lipinski definition) is 1. The van der Waals surface area contributed by atoms with E-state index in [4.69, 9.17) is 4.74 Å². The molecule has 0 saturated carbocycles. The molecular formula is C9H17NO2. The molecule has 0 fully saturated rings. The quantitative estimate of drug-likeness (QED) is 0.369. The minimum atomic E-state index is -0.300. The van der Waals surface area contributed by atoms with Crippen molar-refractivity contribution in [1.82, 2.24) is 5.32 Å². The Morgan fingerprint density at radius 3 is 2.75 bits per heavy atom. The van der Waals surface area contributed by atoms with Gasteiger partial charge >= 0.3 is 5.97 Å². The van der Waals surface area contributed by atoms with Crippen LogP contribution in [0.25, 0.3) is 0 Å². The summed E-state index contributed by atoms with van der Waals surface area (Å²) in [6.07, 6.45) is 0.854. The highest BCUT2D eigenvalue weighted by molar-refractivity contribution is 5.86. The number of hydrogen-bond acceptors (Lipinski definition) is 3. The first-order chi connectivity index (χ1) is 5.68. The van der Waals surface area contributed by atoms with Crippen molar-refractivity contribution in [3.05, 3.63) is 12.2 Å². The van der Waals surface area contributed by atoms with Crippen LogP contribution in [0, 0.1) is 0 Å². The normalized spacial score (nSPS) is 9.50. The number of nitrogens with one attached hydrogen (secondary N) is 1. The predicted octanol–water partition coefficient (Wildman–Crippen LogP) is 1.11. The van der Waals surface area contributed by atoms with Gasteiger partial charge in [-0.25, -0.2) is 4.79 Å². The lowest BCUT2D eigenvalue weighted by molar-refractivity contribution is -0.139. The van der Waals surface area contributed by atoms with E-state index in [1.807, 2.05) is 6.92 Å². The molecule has 0 bridgehead atoms. The summed E-state index contributed by atoms with van der Waals surface area (Å²) in [7, 11) is 0. The van der Waals surface area contributed by atoms with E-state index < -0.39 is 0 Å². The fourth-order valence-corrected chi connectivity index (χ4v) is 0.662. The maximum absolute atomic E-state index is 10.8. The molecule has 3 nitrogen and oxygen atoms in total. The van der Waals surface area contributed by atoms with Crippen LogP contribution in [0.15, 0.2) is 12.2 Å². The van der Waals surface area contributed by atoms with Crippen molar-refractivity contribution in [2.24, 2.45) is 0 Å². The predicted molar refractivity (Wildman–Crippen MR) is 48.9 cm³/mol. The van der Waals surface area contributed by atoms with Crippen LogP contribution in [0.2, 0.25) is 0 Å². The summed E-state index contributed by atoms with van der Waals surface area (Å²) in [5.74, 6) is -0.300. The van der Waals surface area contributed by atoms with Gasteiger partial charge in [-0.2, -0.15) is 0 Å². The summed E-state index contributed by atoms with van der Waals surface area (Å²) in [6.45, 7) is 9.48. The third kappa shape index (κ3) is 5.92. The Bertz CT molecular complexity index is 155. The molecule has 12 heavy (non-hydrogen) atoms. The Kier molecular flexibility index (Phi) is 6.38. The summed E-state index contributed by atoms with van der Waals surface area (Å²) >= 11 is 0. The first kappa shape index (κ1) is 11.2.